The molecular formula is C17H23N5O2. The molecular weight excluding hydrogens is 306 g/mol. The lowest BCUT2D eigenvalue weighted by molar-refractivity contribution is 0.0567. The van der Waals surface area contributed by atoms with Crippen LogP contribution in [0.1, 0.15) is 78.3 Å². The Morgan fingerprint density at radius 3 is 2.62 bits per heavy atom. The van der Waals surface area contributed by atoms with Crippen molar-refractivity contribution in [1.82, 2.24) is 24.9 Å². The Morgan fingerprint density at radius 1 is 1.17 bits per heavy atom. The average Bonchev–Trinajstić information content (AvgIpc) is 3.14. The molecule has 2 aromatic heterocycles. The van der Waals surface area contributed by atoms with E-state index >= 15 is 0 Å². The van der Waals surface area contributed by atoms with Crippen molar-refractivity contribution >= 4 is 5.91 Å². The lowest BCUT2D eigenvalue weighted by Crippen LogP contribution is -2.38. The SMILES string of the molecule is Cc1c(C(=O)N2CCCC[C@H]2c2nnc(C3CCC3)o2)cnn1C. The maximum atomic E-state index is 13.0. The van der Waals surface area contributed by atoms with Crippen LogP contribution in [0, 0.1) is 6.92 Å². The van der Waals surface area contributed by atoms with Crippen LogP contribution in [0.5, 0.6) is 0 Å². The molecule has 0 radical (unpaired) electrons. The summed E-state index contributed by atoms with van der Waals surface area (Å²) < 4.78 is 7.67. The third-order valence-electron chi connectivity index (χ3n) is 5.43. The first-order valence-electron chi connectivity index (χ1n) is 8.78. The fourth-order valence-electron chi connectivity index (χ4n) is 3.50. The number of likely N-dealkylation sites (tertiary alicyclic amines) is 1. The zero-order valence-electron chi connectivity index (χ0n) is 14.2. The zero-order valence-corrected chi connectivity index (χ0v) is 14.2. The number of aryl methyl sites for hydroxylation is 1. The van der Waals surface area contributed by atoms with Gasteiger partial charge in [0.2, 0.25) is 11.8 Å². The van der Waals surface area contributed by atoms with Gasteiger partial charge in [0.05, 0.1) is 11.8 Å². The van der Waals surface area contributed by atoms with Gasteiger partial charge in [-0.3, -0.25) is 9.48 Å². The van der Waals surface area contributed by atoms with Gasteiger partial charge in [0.25, 0.3) is 5.91 Å². The summed E-state index contributed by atoms with van der Waals surface area (Å²) in [6, 6.07) is -0.118. The minimum atomic E-state index is -0.118. The van der Waals surface area contributed by atoms with E-state index in [0.717, 1.165) is 50.2 Å². The highest BCUT2D eigenvalue weighted by molar-refractivity contribution is 5.95. The fraction of sp³-hybridized carbons (Fsp3) is 0.647. The van der Waals surface area contributed by atoms with Gasteiger partial charge in [-0.25, -0.2) is 0 Å². The van der Waals surface area contributed by atoms with Gasteiger partial charge in [0.1, 0.15) is 6.04 Å². The van der Waals surface area contributed by atoms with Crippen molar-refractivity contribution in [3.63, 3.8) is 0 Å². The molecule has 128 valence electrons. The molecule has 24 heavy (non-hydrogen) atoms. The molecule has 1 aliphatic heterocycles. The molecule has 4 rings (SSSR count). The number of carbonyl (C=O) groups excluding carboxylic acids is 1. The van der Waals surface area contributed by atoms with Crippen molar-refractivity contribution < 1.29 is 9.21 Å². The molecule has 0 aromatic carbocycles. The summed E-state index contributed by atoms with van der Waals surface area (Å²) >= 11 is 0. The van der Waals surface area contributed by atoms with Gasteiger partial charge in [0.15, 0.2) is 0 Å². The van der Waals surface area contributed by atoms with Gasteiger partial charge in [-0.1, -0.05) is 6.42 Å². The Hall–Kier alpha value is -2.18. The van der Waals surface area contributed by atoms with Crippen LogP contribution in [-0.2, 0) is 7.05 Å². The fourth-order valence-corrected chi connectivity index (χ4v) is 3.50. The van der Waals surface area contributed by atoms with Crippen molar-refractivity contribution in [3.8, 4) is 0 Å². The van der Waals surface area contributed by atoms with Crippen LogP contribution in [-0.4, -0.2) is 37.3 Å². The smallest absolute Gasteiger partial charge is 0.258 e. The molecule has 0 bridgehead atoms. The first kappa shape index (κ1) is 15.4. The second kappa shape index (κ2) is 6.03. The molecule has 2 aliphatic rings. The van der Waals surface area contributed by atoms with Gasteiger partial charge in [-0.05, 0) is 39.0 Å². The van der Waals surface area contributed by atoms with Crippen molar-refractivity contribution in [2.75, 3.05) is 6.54 Å². The molecule has 0 spiro atoms. The van der Waals surface area contributed by atoms with E-state index in [0.29, 0.717) is 17.4 Å². The van der Waals surface area contributed by atoms with E-state index in [1.165, 1.54) is 6.42 Å². The first-order chi connectivity index (χ1) is 11.6. The van der Waals surface area contributed by atoms with Gasteiger partial charge in [0, 0.05) is 25.2 Å². The van der Waals surface area contributed by atoms with Crippen LogP contribution in [0.3, 0.4) is 0 Å². The summed E-state index contributed by atoms with van der Waals surface area (Å²) in [5.74, 6) is 1.76. The van der Waals surface area contributed by atoms with Crippen LogP contribution in [0.25, 0.3) is 0 Å². The molecule has 2 fully saturated rings. The first-order valence-corrected chi connectivity index (χ1v) is 8.78. The summed E-state index contributed by atoms with van der Waals surface area (Å²) in [5.41, 5.74) is 1.54. The zero-order chi connectivity index (χ0) is 16.7. The van der Waals surface area contributed by atoms with E-state index in [-0.39, 0.29) is 11.9 Å². The molecule has 1 atom stereocenters. The largest absolute Gasteiger partial charge is 0.423 e. The number of hydrogen-bond acceptors (Lipinski definition) is 5. The maximum absolute atomic E-state index is 13.0. The molecule has 7 nitrogen and oxygen atoms in total. The van der Waals surface area contributed by atoms with E-state index < -0.39 is 0 Å². The Balaban J connectivity index is 1.59. The standard InChI is InChI=1S/C17H23N5O2/c1-11-13(10-18-21(11)2)17(23)22-9-4-3-8-14(22)16-20-19-15(24-16)12-6-5-7-12/h10,12,14H,3-9H2,1-2H3/t14-/m0/s1. The Bertz CT molecular complexity index is 746. The van der Waals surface area contributed by atoms with Crippen LogP contribution in [0.2, 0.25) is 0 Å². The van der Waals surface area contributed by atoms with Gasteiger partial charge < -0.3 is 9.32 Å². The van der Waals surface area contributed by atoms with Crippen LogP contribution in [0.15, 0.2) is 10.6 Å². The molecule has 3 heterocycles. The average molecular weight is 329 g/mol. The Morgan fingerprint density at radius 2 is 1.96 bits per heavy atom. The van der Waals surface area contributed by atoms with Gasteiger partial charge >= 0.3 is 0 Å². The number of carbonyl (C=O) groups is 1. The summed E-state index contributed by atoms with van der Waals surface area (Å²) in [7, 11) is 1.85. The third kappa shape index (κ3) is 2.52. The predicted molar refractivity (Wildman–Crippen MR) is 86.5 cm³/mol. The number of aromatic nitrogens is 4. The van der Waals surface area contributed by atoms with Crippen molar-refractivity contribution in [3.05, 3.63) is 29.2 Å². The molecule has 0 N–H and O–H groups in total. The molecule has 1 aliphatic carbocycles. The molecule has 1 saturated carbocycles. The highest BCUT2D eigenvalue weighted by atomic mass is 16.4. The lowest BCUT2D eigenvalue weighted by Gasteiger charge is -2.33. The highest BCUT2D eigenvalue weighted by Crippen LogP contribution is 2.38. The predicted octanol–water partition coefficient (Wildman–Crippen LogP) is 2.75. The summed E-state index contributed by atoms with van der Waals surface area (Å²) in [4.78, 5) is 14.9. The van der Waals surface area contributed by atoms with Crippen LogP contribution < -0.4 is 0 Å². The Kier molecular flexibility index (Phi) is 3.86. The van der Waals surface area contributed by atoms with E-state index in [1.54, 1.807) is 10.9 Å². The highest BCUT2D eigenvalue weighted by Gasteiger charge is 2.35. The number of piperidine rings is 1. The second-order valence-electron chi connectivity index (χ2n) is 6.88. The quantitative estimate of drug-likeness (QED) is 0.865. The molecule has 7 heteroatoms. The minimum absolute atomic E-state index is 0.00805. The van der Waals surface area contributed by atoms with Crippen molar-refractivity contribution in [2.45, 2.75) is 57.4 Å². The third-order valence-corrected chi connectivity index (χ3v) is 5.43. The van der Waals surface area contributed by atoms with E-state index in [2.05, 4.69) is 15.3 Å². The number of rotatable bonds is 3. The number of hydrogen-bond donors (Lipinski definition) is 0. The van der Waals surface area contributed by atoms with E-state index in [9.17, 15) is 4.79 Å². The minimum Gasteiger partial charge on any atom is -0.423 e. The van der Waals surface area contributed by atoms with E-state index in [1.807, 2.05) is 18.9 Å². The Labute approximate surface area is 141 Å². The van der Waals surface area contributed by atoms with Gasteiger partial charge in [-0.2, -0.15) is 5.10 Å². The van der Waals surface area contributed by atoms with Gasteiger partial charge in [-0.15, -0.1) is 10.2 Å². The van der Waals surface area contributed by atoms with Crippen molar-refractivity contribution in [1.29, 1.82) is 0 Å². The van der Waals surface area contributed by atoms with E-state index in [4.69, 9.17) is 4.42 Å². The summed E-state index contributed by atoms with van der Waals surface area (Å²) in [6.07, 6.45) is 8.09. The molecule has 2 aromatic rings. The van der Waals surface area contributed by atoms with Crippen molar-refractivity contribution in [2.24, 2.45) is 7.05 Å². The number of amides is 1. The topological polar surface area (TPSA) is 77.1 Å². The molecule has 1 amide bonds. The van der Waals surface area contributed by atoms with Crippen LogP contribution in [0.4, 0.5) is 0 Å². The van der Waals surface area contributed by atoms with Crippen LogP contribution >= 0.6 is 0 Å². The maximum Gasteiger partial charge on any atom is 0.258 e. The summed E-state index contributed by atoms with van der Waals surface area (Å²) in [5, 5.41) is 12.7. The lowest BCUT2D eigenvalue weighted by atomic mass is 9.85. The normalized spacial score (nSPS) is 21.8. The second-order valence-corrected chi connectivity index (χ2v) is 6.88. The number of nitrogens with zero attached hydrogens (tertiary/aromatic N) is 5. The molecule has 1 saturated heterocycles. The summed E-state index contributed by atoms with van der Waals surface area (Å²) in [6.45, 7) is 2.64. The monoisotopic (exact) mass is 329 g/mol. The molecule has 0 unspecified atom stereocenters.